The summed E-state index contributed by atoms with van der Waals surface area (Å²) in [6, 6.07) is 9.57. The lowest BCUT2D eigenvalue weighted by atomic mass is 9.77. The van der Waals surface area contributed by atoms with Crippen molar-refractivity contribution in [3.8, 4) is 0 Å². The van der Waals surface area contributed by atoms with Crippen LogP contribution in [0, 0.1) is 39.0 Å². The Morgan fingerprint density at radius 3 is 2.29 bits per heavy atom. The minimum Gasteiger partial charge on any atom is -0.360 e. The van der Waals surface area contributed by atoms with Crippen LogP contribution in [0.15, 0.2) is 54.6 Å². The van der Waals surface area contributed by atoms with Gasteiger partial charge in [-0.15, -0.1) is 0 Å². The fourth-order valence-electron chi connectivity index (χ4n) is 4.91. The van der Waals surface area contributed by atoms with Crippen LogP contribution in [-0.4, -0.2) is 45.8 Å². The minimum atomic E-state index is -1.29. The number of carbonyl (C=O) groups is 3. The van der Waals surface area contributed by atoms with Crippen LogP contribution in [0.3, 0.4) is 0 Å². The summed E-state index contributed by atoms with van der Waals surface area (Å²) in [7, 11) is 0. The van der Waals surface area contributed by atoms with Gasteiger partial charge >= 0.3 is 0 Å². The number of ether oxygens (including phenoxy) is 1. The molecule has 2 aromatic rings. The van der Waals surface area contributed by atoms with Gasteiger partial charge in [0.15, 0.2) is 0 Å². The Morgan fingerprint density at radius 1 is 1.06 bits per heavy atom. The van der Waals surface area contributed by atoms with E-state index in [1.165, 1.54) is 0 Å². The molecule has 2 saturated heterocycles. The molecule has 12 nitrogen and oxygen atoms in total. The van der Waals surface area contributed by atoms with Gasteiger partial charge in [-0.2, -0.15) is 0 Å². The van der Waals surface area contributed by atoms with Crippen LogP contribution in [-0.2, 0) is 14.3 Å². The number of aryl methyl sites for hydroxylation is 1. The van der Waals surface area contributed by atoms with Crippen molar-refractivity contribution in [2.24, 2.45) is 11.8 Å². The number of benzene rings is 2. The molecule has 5 rings (SSSR count). The minimum absolute atomic E-state index is 0.211. The number of imide groups is 1. The largest absolute Gasteiger partial charge is 0.360 e. The summed E-state index contributed by atoms with van der Waals surface area (Å²) < 4.78 is 5.97. The Kier molecular flexibility index (Phi) is 4.98. The molecule has 3 amide bonds. The van der Waals surface area contributed by atoms with Gasteiger partial charge in [0.2, 0.25) is 11.8 Å². The number of hydrogen-bond acceptors (Lipinski definition) is 8. The van der Waals surface area contributed by atoms with Gasteiger partial charge in [0.05, 0.1) is 51.6 Å². The normalized spacial score (nSPS) is 26.2. The molecule has 178 valence electrons. The number of rotatable bonds is 6. The molecule has 0 saturated carbocycles. The van der Waals surface area contributed by atoms with Gasteiger partial charge < -0.3 is 10.1 Å². The van der Waals surface area contributed by atoms with E-state index >= 15 is 0 Å². The maximum absolute atomic E-state index is 13.4. The van der Waals surface area contributed by atoms with Crippen molar-refractivity contribution >= 4 is 34.8 Å². The molecule has 1 N–H and O–H groups in total. The monoisotopic (exact) mass is 478 g/mol. The highest BCUT2D eigenvalue weighted by Crippen LogP contribution is 2.52. The van der Waals surface area contributed by atoms with Crippen LogP contribution < -0.4 is 10.2 Å². The lowest BCUT2D eigenvalue weighted by Crippen LogP contribution is -2.48. The van der Waals surface area contributed by atoms with E-state index < -0.39 is 56.6 Å². The van der Waals surface area contributed by atoms with E-state index in [2.05, 4.69) is 5.32 Å². The van der Waals surface area contributed by atoms with Crippen molar-refractivity contribution in [3.05, 3.63) is 86.0 Å². The first-order valence-electron chi connectivity index (χ1n) is 10.6. The molecule has 2 fully saturated rings. The molecule has 2 aromatic carbocycles. The van der Waals surface area contributed by atoms with Crippen molar-refractivity contribution in [2.45, 2.75) is 18.6 Å². The summed E-state index contributed by atoms with van der Waals surface area (Å²) in [5, 5.41) is 24.8. The number of nitrogens with one attached hydrogen (secondary N) is 1. The highest BCUT2D eigenvalue weighted by Gasteiger charge is 2.67. The van der Waals surface area contributed by atoms with Crippen molar-refractivity contribution in [3.63, 3.8) is 0 Å². The zero-order valence-electron chi connectivity index (χ0n) is 18.2. The molecule has 0 unspecified atom stereocenters. The summed E-state index contributed by atoms with van der Waals surface area (Å²) >= 11 is 0. The van der Waals surface area contributed by atoms with E-state index in [1.807, 2.05) is 6.92 Å². The van der Waals surface area contributed by atoms with Crippen LogP contribution in [0.1, 0.15) is 15.9 Å². The fraction of sp³-hybridized carbons (Fsp3) is 0.261. The fourth-order valence-corrected chi connectivity index (χ4v) is 4.91. The molecule has 0 aliphatic carbocycles. The average Bonchev–Trinajstić information content (AvgIpc) is 3.48. The molecule has 0 radical (unpaired) electrons. The number of amides is 3. The van der Waals surface area contributed by atoms with Crippen molar-refractivity contribution in [2.75, 3.05) is 11.4 Å². The number of nitro benzene ring substituents is 2. The predicted molar refractivity (Wildman–Crippen MR) is 119 cm³/mol. The Balaban J connectivity index is 1.39. The molecule has 12 heteroatoms. The first-order valence-corrected chi connectivity index (χ1v) is 10.6. The second-order valence-electron chi connectivity index (χ2n) is 8.68. The molecule has 0 aromatic heterocycles. The maximum Gasteiger partial charge on any atom is 0.277 e. The molecule has 0 spiro atoms. The number of nitro groups is 2. The van der Waals surface area contributed by atoms with Gasteiger partial charge in [0.25, 0.3) is 17.3 Å². The van der Waals surface area contributed by atoms with E-state index in [-0.39, 0.29) is 18.0 Å². The van der Waals surface area contributed by atoms with Gasteiger partial charge in [-0.05, 0) is 19.1 Å². The van der Waals surface area contributed by atoms with E-state index in [1.54, 1.807) is 36.4 Å². The maximum atomic E-state index is 13.4. The van der Waals surface area contributed by atoms with E-state index in [0.29, 0.717) is 5.69 Å². The summed E-state index contributed by atoms with van der Waals surface area (Å²) in [5.74, 6) is -3.27. The van der Waals surface area contributed by atoms with Crippen LogP contribution in [0.4, 0.5) is 17.1 Å². The third-order valence-corrected chi connectivity index (χ3v) is 6.56. The second kappa shape index (κ2) is 7.81. The average molecular weight is 478 g/mol. The van der Waals surface area contributed by atoms with Crippen molar-refractivity contribution in [1.82, 2.24) is 5.32 Å². The zero-order chi connectivity index (χ0) is 25.1. The van der Waals surface area contributed by atoms with Crippen molar-refractivity contribution in [1.29, 1.82) is 0 Å². The molecule has 3 aliphatic heterocycles. The molecular formula is C23H18N4O8. The topological polar surface area (TPSA) is 162 Å². The number of carbonyl (C=O) groups excluding carboxylic acids is 3. The van der Waals surface area contributed by atoms with Crippen LogP contribution in [0.5, 0.6) is 0 Å². The van der Waals surface area contributed by atoms with Crippen LogP contribution >= 0.6 is 0 Å². The third kappa shape index (κ3) is 3.46. The standard InChI is InChI=1S/C23H18N4O8/c1-12-2-4-14(5-3-12)25-21(29)18-17-6-7-23(35-17,19(18)22(25)30)11-24-20(28)13-8-15(26(31)32)10-16(9-13)27(33)34/h2-10,17-19H,11H2,1H3,(H,24,28)/t17-,18+,19-,23+/m1/s1. The summed E-state index contributed by atoms with van der Waals surface area (Å²) in [6.07, 6.45) is 2.68. The SMILES string of the molecule is Cc1ccc(N2C(=O)[C@H]3[C@H]4C=C[C@@](CNC(=O)c5cc([N+](=O)[O-])cc([N+](=O)[O-])c5)(O4)[C@H]3C2=O)cc1. The zero-order valence-corrected chi connectivity index (χ0v) is 18.2. The molecule has 3 heterocycles. The Morgan fingerprint density at radius 2 is 1.69 bits per heavy atom. The number of fused-ring (bicyclic) bond motifs is 5. The smallest absolute Gasteiger partial charge is 0.277 e. The van der Waals surface area contributed by atoms with Gasteiger partial charge in [0.1, 0.15) is 5.60 Å². The Hall–Kier alpha value is -4.45. The lowest BCUT2D eigenvalue weighted by Gasteiger charge is -2.29. The first-order chi connectivity index (χ1) is 16.6. The molecule has 2 bridgehead atoms. The number of non-ortho nitro benzene ring substituents is 2. The van der Waals surface area contributed by atoms with E-state index in [0.717, 1.165) is 28.7 Å². The first kappa shape index (κ1) is 22.3. The van der Waals surface area contributed by atoms with Crippen molar-refractivity contribution < 1.29 is 29.0 Å². The third-order valence-electron chi connectivity index (χ3n) is 6.56. The summed E-state index contributed by atoms with van der Waals surface area (Å²) in [4.78, 5) is 61.0. The van der Waals surface area contributed by atoms with Crippen LogP contribution in [0.2, 0.25) is 0 Å². The van der Waals surface area contributed by atoms with E-state index in [9.17, 15) is 34.6 Å². The molecule has 35 heavy (non-hydrogen) atoms. The second-order valence-corrected chi connectivity index (χ2v) is 8.68. The number of nitrogens with zero attached hydrogens (tertiary/aromatic N) is 3. The lowest BCUT2D eigenvalue weighted by molar-refractivity contribution is -0.394. The van der Waals surface area contributed by atoms with Gasteiger partial charge in [-0.25, -0.2) is 4.90 Å². The summed E-state index contributed by atoms with van der Waals surface area (Å²) in [6.45, 7) is 1.68. The van der Waals surface area contributed by atoms with Gasteiger partial charge in [-0.3, -0.25) is 34.6 Å². The quantitative estimate of drug-likeness (QED) is 0.285. The summed E-state index contributed by atoms with van der Waals surface area (Å²) in [5.41, 5.74) is -1.37. The highest BCUT2D eigenvalue weighted by molar-refractivity contribution is 6.23. The molecular weight excluding hydrogens is 460 g/mol. The molecule has 3 aliphatic rings. The Labute approximate surface area is 197 Å². The number of anilines is 1. The van der Waals surface area contributed by atoms with E-state index in [4.69, 9.17) is 4.74 Å². The predicted octanol–water partition coefficient (Wildman–Crippen LogP) is 2.05. The highest BCUT2D eigenvalue weighted by atomic mass is 16.6. The Bertz CT molecular complexity index is 1310. The van der Waals surface area contributed by atoms with Gasteiger partial charge in [0, 0.05) is 12.1 Å². The van der Waals surface area contributed by atoms with Crippen LogP contribution in [0.25, 0.3) is 0 Å². The molecule has 4 atom stereocenters. The number of hydrogen-bond donors (Lipinski definition) is 1. The van der Waals surface area contributed by atoms with Gasteiger partial charge in [-0.1, -0.05) is 29.8 Å².